The Morgan fingerprint density at radius 3 is 2.57 bits per heavy atom. The fraction of sp³-hybridized carbons (Fsp3) is 0.600. The molecule has 2 fully saturated rings. The predicted octanol–water partition coefficient (Wildman–Crippen LogP) is 1.55. The molecule has 28 heavy (non-hydrogen) atoms. The molecule has 150 valence electrons. The Morgan fingerprint density at radius 1 is 1.07 bits per heavy atom. The second-order valence-corrected chi connectivity index (χ2v) is 8.00. The van der Waals surface area contributed by atoms with E-state index >= 15 is 0 Å². The first-order chi connectivity index (χ1) is 13.8. The fourth-order valence-corrected chi connectivity index (χ4v) is 4.38. The molecule has 1 saturated carbocycles. The van der Waals surface area contributed by atoms with E-state index < -0.39 is 0 Å². The van der Waals surface area contributed by atoms with Crippen molar-refractivity contribution in [2.24, 2.45) is 0 Å². The molecule has 0 unspecified atom stereocenters. The van der Waals surface area contributed by atoms with Gasteiger partial charge in [0.1, 0.15) is 6.54 Å². The number of tetrazole rings is 1. The minimum absolute atomic E-state index is 0.124. The molecule has 2 amide bonds. The summed E-state index contributed by atoms with van der Waals surface area (Å²) in [6, 6.07) is 10.1. The maximum Gasteiger partial charge on any atom is 0.319 e. The van der Waals surface area contributed by atoms with Crippen LogP contribution in [0.3, 0.4) is 0 Å². The summed E-state index contributed by atoms with van der Waals surface area (Å²) in [6.45, 7) is 2.91. The summed E-state index contributed by atoms with van der Waals surface area (Å²) in [7, 11) is 0. The van der Waals surface area contributed by atoms with Crippen LogP contribution in [0.15, 0.2) is 30.3 Å². The Labute approximate surface area is 165 Å². The average molecular weight is 385 g/mol. The maximum atomic E-state index is 12.2. The van der Waals surface area contributed by atoms with Crippen molar-refractivity contribution < 1.29 is 9.69 Å². The molecule has 0 radical (unpaired) electrons. The molecule has 2 aromatic rings. The van der Waals surface area contributed by atoms with Gasteiger partial charge in [-0.15, -0.1) is 5.10 Å². The Kier molecular flexibility index (Phi) is 6.16. The van der Waals surface area contributed by atoms with Crippen molar-refractivity contribution in [1.82, 2.24) is 25.5 Å². The summed E-state index contributed by atoms with van der Waals surface area (Å²) >= 11 is 0. The van der Waals surface area contributed by atoms with Crippen molar-refractivity contribution in [3.05, 3.63) is 36.2 Å². The largest absolute Gasteiger partial charge is 0.335 e. The Bertz CT molecular complexity index is 749. The minimum Gasteiger partial charge on any atom is -0.335 e. The number of nitrogens with one attached hydrogen (secondary N) is 3. The minimum atomic E-state index is -0.124. The van der Waals surface area contributed by atoms with Gasteiger partial charge < -0.3 is 15.5 Å². The van der Waals surface area contributed by atoms with E-state index in [0.717, 1.165) is 44.0 Å². The van der Waals surface area contributed by atoms with Gasteiger partial charge >= 0.3 is 6.03 Å². The van der Waals surface area contributed by atoms with Crippen molar-refractivity contribution in [2.45, 2.75) is 63.6 Å². The number of amides is 2. The SMILES string of the molecule is O=C(Nc1ccccc1)NC1CC[NH+](Cc2nnnn2C2CCCCC2)CC1. The van der Waals surface area contributed by atoms with Gasteiger partial charge in [0, 0.05) is 24.6 Å². The fourth-order valence-electron chi connectivity index (χ4n) is 4.38. The number of hydrogen-bond acceptors (Lipinski definition) is 4. The van der Waals surface area contributed by atoms with E-state index in [1.54, 1.807) is 0 Å². The Balaban J connectivity index is 1.24. The molecule has 8 heteroatoms. The van der Waals surface area contributed by atoms with Gasteiger partial charge in [-0.25, -0.2) is 9.48 Å². The lowest BCUT2D eigenvalue weighted by Gasteiger charge is -2.30. The maximum absolute atomic E-state index is 12.2. The highest BCUT2D eigenvalue weighted by molar-refractivity contribution is 5.89. The number of nitrogens with zero attached hydrogens (tertiary/aromatic N) is 4. The van der Waals surface area contributed by atoms with Crippen molar-refractivity contribution in [1.29, 1.82) is 0 Å². The first kappa shape index (κ1) is 18.9. The van der Waals surface area contributed by atoms with Crippen LogP contribution in [0.1, 0.15) is 56.8 Å². The molecule has 0 spiro atoms. The number of piperidine rings is 1. The van der Waals surface area contributed by atoms with E-state index in [2.05, 4.69) is 30.8 Å². The summed E-state index contributed by atoms with van der Waals surface area (Å²) < 4.78 is 2.07. The van der Waals surface area contributed by atoms with Crippen molar-refractivity contribution in [3.8, 4) is 0 Å². The van der Waals surface area contributed by atoms with Crippen LogP contribution in [0, 0.1) is 0 Å². The van der Waals surface area contributed by atoms with E-state index in [-0.39, 0.29) is 12.1 Å². The molecule has 1 aromatic carbocycles. The smallest absolute Gasteiger partial charge is 0.319 e. The Hall–Kier alpha value is -2.48. The quantitative estimate of drug-likeness (QED) is 0.730. The molecule has 3 N–H and O–H groups in total. The number of quaternary nitrogens is 1. The van der Waals surface area contributed by atoms with E-state index in [1.165, 1.54) is 37.0 Å². The second kappa shape index (κ2) is 9.14. The number of anilines is 1. The number of urea groups is 1. The molecule has 8 nitrogen and oxygen atoms in total. The monoisotopic (exact) mass is 384 g/mol. The highest BCUT2D eigenvalue weighted by Crippen LogP contribution is 2.27. The number of rotatable bonds is 5. The number of likely N-dealkylation sites (tertiary alicyclic amines) is 1. The summed E-state index contributed by atoms with van der Waals surface area (Å²) in [6.07, 6.45) is 8.21. The van der Waals surface area contributed by atoms with Gasteiger partial charge in [0.15, 0.2) is 0 Å². The molecule has 1 aromatic heterocycles. The first-order valence-electron chi connectivity index (χ1n) is 10.5. The number of aromatic nitrogens is 4. The lowest BCUT2D eigenvalue weighted by Crippen LogP contribution is -3.12. The molecule has 1 aliphatic carbocycles. The number of para-hydroxylation sites is 1. The van der Waals surface area contributed by atoms with E-state index in [4.69, 9.17) is 0 Å². The number of carbonyl (C=O) groups is 1. The first-order valence-corrected chi connectivity index (χ1v) is 10.5. The number of carbonyl (C=O) groups excluding carboxylic acids is 1. The van der Waals surface area contributed by atoms with E-state index in [0.29, 0.717) is 6.04 Å². The van der Waals surface area contributed by atoms with E-state index in [9.17, 15) is 4.79 Å². The predicted molar refractivity (Wildman–Crippen MR) is 106 cm³/mol. The van der Waals surface area contributed by atoms with Gasteiger partial charge in [-0.05, 0) is 35.4 Å². The van der Waals surface area contributed by atoms with Crippen molar-refractivity contribution in [3.63, 3.8) is 0 Å². The van der Waals surface area contributed by atoms with Gasteiger partial charge in [-0.1, -0.05) is 37.5 Å². The Morgan fingerprint density at radius 2 is 1.82 bits per heavy atom. The van der Waals surface area contributed by atoms with Gasteiger partial charge in [-0.2, -0.15) is 0 Å². The van der Waals surface area contributed by atoms with Crippen LogP contribution in [0.25, 0.3) is 0 Å². The zero-order chi connectivity index (χ0) is 19.2. The summed E-state index contributed by atoms with van der Waals surface area (Å²) in [5.74, 6) is 1.01. The summed E-state index contributed by atoms with van der Waals surface area (Å²) in [5.41, 5.74) is 0.817. The van der Waals surface area contributed by atoms with Crippen LogP contribution in [0.4, 0.5) is 10.5 Å². The zero-order valence-corrected chi connectivity index (χ0v) is 16.3. The van der Waals surface area contributed by atoms with Crippen molar-refractivity contribution in [2.75, 3.05) is 18.4 Å². The molecule has 1 aliphatic heterocycles. The van der Waals surface area contributed by atoms with Gasteiger partial charge in [0.2, 0.25) is 5.82 Å². The van der Waals surface area contributed by atoms with Gasteiger partial charge in [-0.3, -0.25) is 0 Å². The molecule has 1 saturated heterocycles. The lowest BCUT2D eigenvalue weighted by atomic mass is 9.95. The zero-order valence-electron chi connectivity index (χ0n) is 16.3. The third-order valence-corrected chi connectivity index (χ3v) is 5.95. The van der Waals surface area contributed by atoms with Crippen LogP contribution < -0.4 is 15.5 Å². The van der Waals surface area contributed by atoms with Gasteiger partial charge in [0.05, 0.1) is 19.1 Å². The summed E-state index contributed by atoms with van der Waals surface area (Å²) in [4.78, 5) is 13.7. The number of benzene rings is 1. The lowest BCUT2D eigenvalue weighted by molar-refractivity contribution is -0.919. The molecular formula is C20H30N7O+. The molecule has 0 atom stereocenters. The normalized spacial score (nSPS) is 23.3. The summed E-state index contributed by atoms with van der Waals surface area (Å²) in [5, 5.41) is 18.5. The third kappa shape index (κ3) is 4.86. The highest BCUT2D eigenvalue weighted by atomic mass is 16.2. The average Bonchev–Trinajstić information content (AvgIpc) is 3.19. The molecule has 2 heterocycles. The molecule has 4 rings (SSSR count). The third-order valence-electron chi connectivity index (χ3n) is 5.95. The topological polar surface area (TPSA) is 89.2 Å². The second-order valence-electron chi connectivity index (χ2n) is 8.00. The van der Waals surface area contributed by atoms with Crippen LogP contribution in [-0.4, -0.2) is 45.4 Å². The molecule has 0 bridgehead atoms. The van der Waals surface area contributed by atoms with Gasteiger partial charge in [0.25, 0.3) is 0 Å². The van der Waals surface area contributed by atoms with Crippen LogP contribution in [0.5, 0.6) is 0 Å². The molecule has 2 aliphatic rings. The van der Waals surface area contributed by atoms with Crippen LogP contribution in [-0.2, 0) is 6.54 Å². The standard InChI is InChI=1S/C20H29N7O/c28-20(21-16-7-3-1-4-8-16)22-17-11-13-26(14-12-17)15-19-23-24-25-27(19)18-9-5-2-6-10-18/h1,3-4,7-8,17-18H,2,5-6,9-15H2,(H2,21,22,28)/p+1. The van der Waals surface area contributed by atoms with Crippen molar-refractivity contribution >= 4 is 11.7 Å². The van der Waals surface area contributed by atoms with Crippen LogP contribution in [0.2, 0.25) is 0 Å². The van der Waals surface area contributed by atoms with E-state index in [1.807, 2.05) is 30.3 Å². The highest BCUT2D eigenvalue weighted by Gasteiger charge is 2.27. The molecular weight excluding hydrogens is 354 g/mol. The van der Waals surface area contributed by atoms with Crippen LogP contribution >= 0.6 is 0 Å². The number of hydrogen-bond donors (Lipinski definition) is 3.